The van der Waals surface area contributed by atoms with E-state index in [1.165, 1.54) is 6.42 Å². The molecule has 19 heavy (non-hydrogen) atoms. The topological polar surface area (TPSA) is 52.7 Å². The predicted octanol–water partition coefficient (Wildman–Crippen LogP) is 1.68. The van der Waals surface area contributed by atoms with Gasteiger partial charge in [0.25, 0.3) is 0 Å². The lowest BCUT2D eigenvalue weighted by Crippen LogP contribution is -2.52. The third-order valence-corrected chi connectivity index (χ3v) is 3.73. The van der Waals surface area contributed by atoms with E-state index in [-0.39, 0.29) is 11.9 Å². The Morgan fingerprint density at radius 3 is 2.53 bits per heavy atom. The maximum atomic E-state index is 12.1. The SMILES string of the molecule is CCN(CC)C(=O)C(C)NC(=O)N1CCCC(C)C1. The molecule has 1 N–H and O–H groups in total. The van der Waals surface area contributed by atoms with Gasteiger partial charge in [0.05, 0.1) is 0 Å². The van der Waals surface area contributed by atoms with Crippen LogP contribution in [0.3, 0.4) is 0 Å². The van der Waals surface area contributed by atoms with Crippen LogP contribution in [0.25, 0.3) is 0 Å². The largest absolute Gasteiger partial charge is 0.341 e. The quantitative estimate of drug-likeness (QED) is 0.844. The van der Waals surface area contributed by atoms with E-state index in [1.807, 2.05) is 18.7 Å². The molecule has 0 bridgehead atoms. The van der Waals surface area contributed by atoms with Crippen LogP contribution in [0.4, 0.5) is 4.79 Å². The Hall–Kier alpha value is -1.26. The molecule has 0 aliphatic carbocycles. The fraction of sp³-hybridized carbons (Fsp3) is 0.857. The number of carbonyl (C=O) groups is 2. The number of nitrogens with one attached hydrogen (secondary N) is 1. The summed E-state index contributed by atoms with van der Waals surface area (Å²) < 4.78 is 0. The fourth-order valence-corrected chi connectivity index (χ4v) is 2.52. The number of amides is 3. The number of carbonyl (C=O) groups excluding carboxylic acids is 2. The Morgan fingerprint density at radius 1 is 1.37 bits per heavy atom. The third kappa shape index (κ3) is 4.40. The molecule has 0 aromatic heterocycles. The van der Waals surface area contributed by atoms with E-state index in [1.54, 1.807) is 11.8 Å². The van der Waals surface area contributed by atoms with Crippen molar-refractivity contribution in [1.82, 2.24) is 15.1 Å². The van der Waals surface area contributed by atoms with Crippen molar-refractivity contribution in [2.24, 2.45) is 5.92 Å². The number of urea groups is 1. The average molecular weight is 269 g/mol. The Kier molecular flexibility index (Phi) is 6.12. The molecule has 110 valence electrons. The lowest BCUT2D eigenvalue weighted by Gasteiger charge is -2.32. The summed E-state index contributed by atoms with van der Waals surface area (Å²) in [5.41, 5.74) is 0. The highest BCUT2D eigenvalue weighted by molar-refractivity contribution is 5.86. The van der Waals surface area contributed by atoms with Crippen molar-refractivity contribution in [3.8, 4) is 0 Å². The van der Waals surface area contributed by atoms with Crippen LogP contribution >= 0.6 is 0 Å². The van der Waals surface area contributed by atoms with E-state index >= 15 is 0 Å². The Bertz CT molecular complexity index is 316. The lowest BCUT2D eigenvalue weighted by molar-refractivity contribution is -0.132. The average Bonchev–Trinajstić information content (AvgIpc) is 2.39. The summed E-state index contributed by atoms with van der Waals surface area (Å²) in [5.74, 6) is 0.539. The standard InChI is InChI=1S/C14H27N3O2/c1-5-16(6-2)13(18)12(4)15-14(19)17-9-7-8-11(3)10-17/h11-12H,5-10H2,1-4H3,(H,15,19). The molecule has 0 aromatic carbocycles. The van der Waals surface area contributed by atoms with Crippen LogP contribution in [0, 0.1) is 5.92 Å². The highest BCUT2D eigenvalue weighted by Crippen LogP contribution is 2.15. The van der Waals surface area contributed by atoms with Crippen LogP contribution in [0.5, 0.6) is 0 Å². The number of piperidine rings is 1. The summed E-state index contributed by atoms with van der Waals surface area (Å²) in [6.07, 6.45) is 2.23. The molecule has 1 aliphatic heterocycles. The van der Waals surface area contributed by atoms with Gasteiger partial charge in [0.1, 0.15) is 6.04 Å². The normalized spacial score (nSPS) is 20.8. The minimum Gasteiger partial charge on any atom is -0.341 e. The molecule has 5 nitrogen and oxygen atoms in total. The summed E-state index contributed by atoms with van der Waals surface area (Å²) >= 11 is 0. The minimum absolute atomic E-state index is 0.0107. The van der Waals surface area contributed by atoms with E-state index in [0.717, 1.165) is 19.5 Å². The minimum atomic E-state index is -0.454. The van der Waals surface area contributed by atoms with Gasteiger partial charge in [-0.3, -0.25) is 4.79 Å². The van der Waals surface area contributed by atoms with Crippen molar-refractivity contribution in [1.29, 1.82) is 0 Å². The van der Waals surface area contributed by atoms with Crippen molar-refractivity contribution < 1.29 is 9.59 Å². The number of hydrogen-bond acceptors (Lipinski definition) is 2. The van der Waals surface area contributed by atoms with Crippen LogP contribution < -0.4 is 5.32 Å². The smallest absolute Gasteiger partial charge is 0.318 e. The lowest BCUT2D eigenvalue weighted by atomic mass is 10.0. The van der Waals surface area contributed by atoms with Crippen molar-refractivity contribution in [3.63, 3.8) is 0 Å². The Labute approximate surface area is 116 Å². The summed E-state index contributed by atoms with van der Waals surface area (Å²) in [6.45, 7) is 10.7. The molecule has 5 heteroatoms. The van der Waals surface area contributed by atoms with Gasteiger partial charge in [-0.25, -0.2) is 4.79 Å². The molecule has 3 amide bonds. The van der Waals surface area contributed by atoms with Gasteiger partial charge in [-0.15, -0.1) is 0 Å². The first-order valence-electron chi connectivity index (χ1n) is 7.33. The molecule has 0 saturated carbocycles. The first-order valence-corrected chi connectivity index (χ1v) is 7.33. The van der Waals surface area contributed by atoms with Crippen LogP contribution in [-0.4, -0.2) is 54.0 Å². The zero-order chi connectivity index (χ0) is 14.4. The number of likely N-dealkylation sites (N-methyl/N-ethyl adjacent to an activating group) is 1. The van der Waals surface area contributed by atoms with Crippen molar-refractivity contribution in [3.05, 3.63) is 0 Å². The van der Waals surface area contributed by atoms with E-state index in [9.17, 15) is 9.59 Å². The highest BCUT2D eigenvalue weighted by atomic mass is 16.2. The highest BCUT2D eigenvalue weighted by Gasteiger charge is 2.25. The van der Waals surface area contributed by atoms with Gasteiger partial charge in [-0.2, -0.15) is 0 Å². The second-order valence-corrected chi connectivity index (χ2v) is 5.38. The molecular formula is C14H27N3O2. The molecule has 1 aliphatic rings. The van der Waals surface area contributed by atoms with Gasteiger partial charge in [0.15, 0.2) is 0 Å². The van der Waals surface area contributed by atoms with Gasteiger partial charge < -0.3 is 15.1 Å². The van der Waals surface area contributed by atoms with E-state index in [4.69, 9.17) is 0 Å². The molecule has 1 saturated heterocycles. The van der Waals surface area contributed by atoms with E-state index in [0.29, 0.717) is 19.0 Å². The van der Waals surface area contributed by atoms with Gasteiger partial charge in [0.2, 0.25) is 5.91 Å². The maximum absolute atomic E-state index is 12.1. The number of hydrogen-bond donors (Lipinski definition) is 1. The number of likely N-dealkylation sites (tertiary alicyclic amines) is 1. The van der Waals surface area contributed by atoms with Crippen molar-refractivity contribution in [2.75, 3.05) is 26.2 Å². The van der Waals surface area contributed by atoms with Crippen LogP contribution in [-0.2, 0) is 4.79 Å². The molecule has 0 radical (unpaired) electrons. The first-order chi connectivity index (χ1) is 8.99. The zero-order valence-electron chi connectivity index (χ0n) is 12.6. The monoisotopic (exact) mass is 269 g/mol. The van der Waals surface area contributed by atoms with Crippen LogP contribution in [0.15, 0.2) is 0 Å². The number of nitrogens with zero attached hydrogens (tertiary/aromatic N) is 2. The molecule has 1 heterocycles. The van der Waals surface area contributed by atoms with Gasteiger partial charge >= 0.3 is 6.03 Å². The molecule has 2 atom stereocenters. The Morgan fingerprint density at radius 2 is 2.00 bits per heavy atom. The second kappa shape index (κ2) is 7.36. The van der Waals surface area contributed by atoms with Gasteiger partial charge in [-0.05, 0) is 39.5 Å². The fourth-order valence-electron chi connectivity index (χ4n) is 2.52. The predicted molar refractivity (Wildman–Crippen MR) is 75.9 cm³/mol. The molecule has 1 rings (SSSR count). The van der Waals surface area contributed by atoms with Crippen molar-refractivity contribution in [2.45, 2.75) is 46.6 Å². The van der Waals surface area contributed by atoms with Gasteiger partial charge in [-0.1, -0.05) is 6.92 Å². The molecule has 2 unspecified atom stereocenters. The summed E-state index contributed by atoms with van der Waals surface area (Å²) in [4.78, 5) is 27.7. The summed E-state index contributed by atoms with van der Waals surface area (Å²) in [6, 6.07) is -0.566. The third-order valence-electron chi connectivity index (χ3n) is 3.73. The van der Waals surface area contributed by atoms with Gasteiger partial charge in [0, 0.05) is 26.2 Å². The molecule has 0 spiro atoms. The van der Waals surface area contributed by atoms with E-state index < -0.39 is 6.04 Å². The molecule has 0 aromatic rings. The second-order valence-electron chi connectivity index (χ2n) is 5.38. The van der Waals surface area contributed by atoms with Crippen molar-refractivity contribution >= 4 is 11.9 Å². The molecular weight excluding hydrogens is 242 g/mol. The summed E-state index contributed by atoms with van der Waals surface area (Å²) in [7, 11) is 0. The number of rotatable bonds is 4. The first kappa shape index (κ1) is 15.8. The molecule has 1 fully saturated rings. The van der Waals surface area contributed by atoms with Crippen LogP contribution in [0.2, 0.25) is 0 Å². The van der Waals surface area contributed by atoms with E-state index in [2.05, 4.69) is 12.2 Å². The van der Waals surface area contributed by atoms with Crippen LogP contribution in [0.1, 0.15) is 40.5 Å². The zero-order valence-corrected chi connectivity index (χ0v) is 12.6. The Balaban J connectivity index is 2.49. The maximum Gasteiger partial charge on any atom is 0.318 e. The summed E-state index contributed by atoms with van der Waals surface area (Å²) in [5, 5.41) is 2.81.